The summed E-state index contributed by atoms with van der Waals surface area (Å²) in [6, 6.07) is 0. The summed E-state index contributed by atoms with van der Waals surface area (Å²) in [4.78, 5) is 4.84. The average Bonchev–Trinajstić information content (AvgIpc) is 2.14. The molecule has 0 aromatic rings. The van der Waals surface area contributed by atoms with E-state index < -0.39 is 0 Å². The molecule has 0 saturated heterocycles. The molecule has 0 saturated carbocycles. The van der Waals surface area contributed by atoms with E-state index in [0.717, 1.165) is 6.54 Å². The highest BCUT2D eigenvalue weighted by Crippen LogP contribution is 2.16. The molecule has 0 N–H and O–H groups in total. The van der Waals surface area contributed by atoms with E-state index in [4.69, 9.17) is 4.84 Å². The van der Waals surface area contributed by atoms with Gasteiger partial charge in [-0.2, -0.15) is 0 Å². The minimum Gasteiger partial charge on any atom is -0.291 e. The Hall–Kier alpha value is 0.01000. The Morgan fingerprint density at radius 2 is 2.71 bits per heavy atom. The molecule has 0 amide bonds. The molecule has 1 heterocycles. The topological polar surface area (TPSA) is 12.5 Å². The van der Waals surface area contributed by atoms with Crippen LogP contribution in [0.5, 0.6) is 0 Å². The van der Waals surface area contributed by atoms with Crippen molar-refractivity contribution in [1.29, 1.82) is 0 Å². The van der Waals surface area contributed by atoms with Crippen molar-refractivity contribution in [1.82, 2.24) is 4.47 Å². The maximum absolute atomic E-state index is 4.84. The van der Waals surface area contributed by atoms with Gasteiger partial charge in [-0.1, -0.05) is 6.08 Å². The van der Waals surface area contributed by atoms with Gasteiger partial charge in [0, 0.05) is 0 Å². The van der Waals surface area contributed by atoms with E-state index in [1.165, 1.54) is 0 Å². The molecule has 0 unspecified atom stereocenters. The van der Waals surface area contributed by atoms with E-state index in [1.54, 1.807) is 23.5 Å². The fraction of sp³-hybridized carbons (Fsp3) is 0.500. The number of hydrogen-bond donors (Lipinski definition) is 0. The summed E-state index contributed by atoms with van der Waals surface area (Å²) in [6.07, 6.45) is 2.05. The van der Waals surface area contributed by atoms with E-state index >= 15 is 0 Å². The molecule has 0 atom stereocenters. The standard InChI is InChI=1S/C4H7NOS/c1-6-5-3-2-4-7-5/h2,4H,3H2,1H3. The summed E-state index contributed by atoms with van der Waals surface area (Å²) in [5.41, 5.74) is 0. The summed E-state index contributed by atoms with van der Waals surface area (Å²) < 4.78 is 1.79. The van der Waals surface area contributed by atoms with Crippen LogP contribution in [0.2, 0.25) is 0 Å². The first-order valence-electron chi connectivity index (χ1n) is 2.07. The summed E-state index contributed by atoms with van der Waals surface area (Å²) in [5, 5.41) is 2.00. The molecule has 40 valence electrons. The summed E-state index contributed by atoms with van der Waals surface area (Å²) >= 11 is 1.57. The molecule has 1 rings (SSSR count). The Labute approximate surface area is 47.2 Å². The van der Waals surface area contributed by atoms with Crippen molar-refractivity contribution in [2.24, 2.45) is 0 Å². The third-order valence-corrected chi connectivity index (χ3v) is 1.58. The van der Waals surface area contributed by atoms with Crippen LogP contribution >= 0.6 is 11.9 Å². The normalized spacial score (nSPS) is 21.3. The van der Waals surface area contributed by atoms with Crippen LogP contribution in [0.15, 0.2) is 11.5 Å². The van der Waals surface area contributed by atoms with Gasteiger partial charge in [0.15, 0.2) is 0 Å². The van der Waals surface area contributed by atoms with E-state index in [9.17, 15) is 0 Å². The Balaban J connectivity index is 2.22. The molecule has 0 aromatic carbocycles. The summed E-state index contributed by atoms with van der Waals surface area (Å²) in [7, 11) is 1.67. The molecule has 1 aliphatic heterocycles. The van der Waals surface area contributed by atoms with Crippen molar-refractivity contribution in [3.8, 4) is 0 Å². The van der Waals surface area contributed by atoms with Crippen LogP contribution in [0.1, 0.15) is 0 Å². The third kappa shape index (κ3) is 1.19. The van der Waals surface area contributed by atoms with Gasteiger partial charge < -0.3 is 0 Å². The summed E-state index contributed by atoms with van der Waals surface area (Å²) in [5.74, 6) is 0. The lowest BCUT2D eigenvalue weighted by Gasteiger charge is -2.06. The van der Waals surface area contributed by atoms with Gasteiger partial charge >= 0.3 is 0 Å². The van der Waals surface area contributed by atoms with Crippen LogP contribution in [-0.4, -0.2) is 18.1 Å². The second-order valence-corrected chi connectivity index (χ2v) is 2.07. The molecule has 0 aromatic heterocycles. The van der Waals surface area contributed by atoms with Gasteiger partial charge in [-0.3, -0.25) is 4.84 Å². The zero-order valence-corrected chi connectivity index (χ0v) is 4.94. The highest BCUT2D eigenvalue weighted by Gasteiger charge is 2.02. The van der Waals surface area contributed by atoms with E-state index in [0.29, 0.717) is 0 Å². The van der Waals surface area contributed by atoms with Crippen LogP contribution in [0.25, 0.3) is 0 Å². The third-order valence-electron chi connectivity index (χ3n) is 0.733. The van der Waals surface area contributed by atoms with E-state index in [-0.39, 0.29) is 0 Å². The van der Waals surface area contributed by atoms with Gasteiger partial charge in [-0.25, -0.2) is 0 Å². The van der Waals surface area contributed by atoms with Gasteiger partial charge in [0.25, 0.3) is 0 Å². The first-order valence-corrected chi connectivity index (χ1v) is 2.90. The van der Waals surface area contributed by atoms with Gasteiger partial charge in [0.05, 0.1) is 13.7 Å². The molecule has 0 aliphatic carbocycles. The van der Waals surface area contributed by atoms with Gasteiger partial charge in [0.2, 0.25) is 0 Å². The van der Waals surface area contributed by atoms with Crippen LogP contribution in [0.4, 0.5) is 0 Å². The summed E-state index contributed by atoms with van der Waals surface area (Å²) in [6.45, 7) is 0.904. The smallest absolute Gasteiger partial charge is 0.0586 e. The predicted octanol–water partition coefficient (Wildman–Crippen LogP) is 1.03. The molecule has 0 radical (unpaired) electrons. The lowest BCUT2D eigenvalue weighted by Crippen LogP contribution is -2.08. The number of nitrogens with zero attached hydrogens (tertiary/aromatic N) is 1. The number of hydrogen-bond acceptors (Lipinski definition) is 3. The number of hydroxylamine groups is 1. The van der Waals surface area contributed by atoms with Crippen molar-refractivity contribution in [2.45, 2.75) is 0 Å². The van der Waals surface area contributed by atoms with Gasteiger partial charge in [-0.15, -0.1) is 4.47 Å². The molecule has 2 nitrogen and oxygen atoms in total. The second-order valence-electron chi connectivity index (χ2n) is 1.18. The SMILES string of the molecule is CON1CC=CS1. The quantitative estimate of drug-likeness (QED) is 0.476. The molecule has 0 bridgehead atoms. The molecular formula is C4H7NOS. The van der Waals surface area contributed by atoms with Gasteiger partial charge in [0.1, 0.15) is 0 Å². The van der Waals surface area contributed by atoms with Crippen molar-refractivity contribution >= 4 is 11.9 Å². The highest BCUT2D eigenvalue weighted by atomic mass is 32.2. The van der Waals surface area contributed by atoms with Crippen molar-refractivity contribution in [3.05, 3.63) is 11.5 Å². The van der Waals surface area contributed by atoms with Crippen LogP contribution in [0.3, 0.4) is 0 Å². The van der Waals surface area contributed by atoms with Gasteiger partial charge in [-0.05, 0) is 17.4 Å². The maximum atomic E-state index is 4.84. The van der Waals surface area contributed by atoms with Crippen LogP contribution in [0, 0.1) is 0 Å². The molecule has 0 fully saturated rings. The molecule has 7 heavy (non-hydrogen) atoms. The fourth-order valence-electron chi connectivity index (χ4n) is 0.401. The van der Waals surface area contributed by atoms with Crippen LogP contribution < -0.4 is 0 Å². The van der Waals surface area contributed by atoms with Crippen molar-refractivity contribution in [3.63, 3.8) is 0 Å². The fourth-order valence-corrected chi connectivity index (χ4v) is 0.967. The first-order chi connectivity index (χ1) is 3.43. The largest absolute Gasteiger partial charge is 0.291 e. The minimum atomic E-state index is 0.904. The minimum absolute atomic E-state index is 0.904. The maximum Gasteiger partial charge on any atom is 0.0586 e. The van der Waals surface area contributed by atoms with E-state index in [1.807, 2.05) is 11.5 Å². The molecule has 0 spiro atoms. The lowest BCUT2D eigenvalue weighted by atomic mass is 10.7. The Morgan fingerprint density at radius 1 is 1.86 bits per heavy atom. The monoisotopic (exact) mass is 117 g/mol. The Kier molecular flexibility index (Phi) is 1.73. The zero-order chi connectivity index (χ0) is 5.11. The Bertz CT molecular complexity index is 75.8. The van der Waals surface area contributed by atoms with Crippen molar-refractivity contribution < 1.29 is 4.84 Å². The zero-order valence-electron chi connectivity index (χ0n) is 4.13. The van der Waals surface area contributed by atoms with Crippen molar-refractivity contribution in [2.75, 3.05) is 13.7 Å². The predicted molar refractivity (Wildman–Crippen MR) is 30.4 cm³/mol. The van der Waals surface area contributed by atoms with E-state index in [2.05, 4.69) is 0 Å². The number of rotatable bonds is 1. The Morgan fingerprint density at radius 3 is 3.00 bits per heavy atom. The lowest BCUT2D eigenvalue weighted by molar-refractivity contribution is -0.0251. The first kappa shape index (κ1) is 5.15. The average molecular weight is 117 g/mol. The molecular weight excluding hydrogens is 110 g/mol. The molecule has 3 heteroatoms. The van der Waals surface area contributed by atoms with Crippen LogP contribution in [-0.2, 0) is 4.84 Å². The highest BCUT2D eigenvalue weighted by molar-refractivity contribution is 8.00. The second kappa shape index (κ2) is 2.35. The molecule has 1 aliphatic rings.